The van der Waals surface area contributed by atoms with E-state index < -0.39 is 5.97 Å². The van der Waals surface area contributed by atoms with Crippen molar-refractivity contribution in [1.29, 1.82) is 0 Å². The van der Waals surface area contributed by atoms with E-state index in [2.05, 4.69) is 4.98 Å². The Morgan fingerprint density at radius 2 is 2.00 bits per heavy atom. The first-order valence-corrected chi connectivity index (χ1v) is 8.65. The molecule has 0 saturated heterocycles. The van der Waals surface area contributed by atoms with Gasteiger partial charge in [-0.15, -0.1) is 0 Å². The summed E-state index contributed by atoms with van der Waals surface area (Å²) in [4.78, 5) is 30.7. The van der Waals surface area contributed by atoms with Gasteiger partial charge in [-0.05, 0) is 35.7 Å². The van der Waals surface area contributed by atoms with Crippen molar-refractivity contribution in [3.8, 4) is 5.75 Å². The Bertz CT molecular complexity index is 1130. The number of rotatable bonds is 3. The number of benzene rings is 2. The Balaban J connectivity index is 1.92. The number of ether oxygens (including phenoxy) is 1. The normalized spacial score (nSPS) is 13.1. The minimum atomic E-state index is -0.593. The lowest BCUT2D eigenvalue weighted by atomic mass is 9.95. The van der Waals surface area contributed by atoms with Crippen molar-refractivity contribution < 1.29 is 23.8 Å². The summed E-state index contributed by atoms with van der Waals surface area (Å²) in [6, 6.07) is 7.86. The molecular formula is C21H17FN2O4. The molecule has 2 aromatic carbocycles. The van der Waals surface area contributed by atoms with Crippen LogP contribution in [-0.4, -0.2) is 41.0 Å². The second-order valence-corrected chi connectivity index (χ2v) is 6.77. The summed E-state index contributed by atoms with van der Waals surface area (Å²) >= 11 is 0. The van der Waals surface area contributed by atoms with E-state index in [4.69, 9.17) is 4.74 Å². The number of nitrogens with zero attached hydrogens (tertiary/aromatic N) is 2. The molecule has 1 aliphatic heterocycles. The average molecular weight is 380 g/mol. The first-order chi connectivity index (χ1) is 13.4. The molecule has 1 aromatic heterocycles. The summed E-state index contributed by atoms with van der Waals surface area (Å²) in [5, 5.41) is 11.1. The number of carbonyl (C=O) groups is 2. The summed E-state index contributed by atoms with van der Waals surface area (Å²) in [6.07, 6.45) is 2.04. The van der Waals surface area contributed by atoms with Gasteiger partial charge in [0, 0.05) is 30.7 Å². The smallest absolute Gasteiger partial charge is 0.338 e. The molecule has 0 bridgehead atoms. The van der Waals surface area contributed by atoms with Crippen LogP contribution in [0.1, 0.15) is 37.4 Å². The van der Waals surface area contributed by atoms with Crippen molar-refractivity contribution in [2.45, 2.75) is 13.0 Å². The van der Waals surface area contributed by atoms with Crippen molar-refractivity contribution in [3.63, 3.8) is 0 Å². The number of phenols is 1. The monoisotopic (exact) mass is 380 g/mol. The van der Waals surface area contributed by atoms with Gasteiger partial charge in [-0.25, -0.2) is 9.18 Å². The van der Waals surface area contributed by atoms with Gasteiger partial charge in [-0.3, -0.25) is 9.78 Å². The molecular weight excluding hydrogens is 363 g/mol. The predicted octanol–water partition coefficient (Wildman–Crippen LogP) is 3.04. The van der Waals surface area contributed by atoms with Crippen LogP contribution < -0.4 is 0 Å². The van der Waals surface area contributed by atoms with Gasteiger partial charge in [-0.1, -0.05) is 12.1 Å². The molecule has 1 N–H and O–H groups in total. The number of aromatic hydroxyl groups is 1. The van der Waals surface area contributed by atoms with Crippen LogP contribution in [0, 0.1) is 5.82 Å². The Morgan fingerprint density at radius 3 is 2.68 bits per heavy atom. The first-order valence-electron chi connectivity index (χ1n) is 8.65. The SMILES string of the molecule is COC(=O)c1c2c(c(O)c3ncc(Cc4ccc(F)cc4)cc13)C(=O)N(C)C2. The Labute approximate surface area is 160 Å². The molecule has 2 heterocycles. The van der Waals surface area contributed by atoms with Gasteiger partial charge in [0.25, 0.3) is 5.91 Å². The molecule has 28 heavy (non-hydrogen) atoms. The summed E-state index contributed by atoms with van der Waals surface area (Å²) in [5.41, 5.74) is 2.59. The zero-order chi connectivity index (χ0) is 20.0. The highest BCUT2D eigenvalue weighted by atomic mass is 19.1. The number of methoxy groups -OCH3 is 1. The summed E-state index contributed by atoms with van der Waals surface area (Å²) in [7, 11) is 2.87. The van der Waals surface area contributed by atoms with Gasteiger partial charge in [0.05, 0.1) is 18.2 Å². The van der Waals surface area contributed by atoms with Crippen LogP contribution in [0.2, 0.25) is 0 Å². The maximum atomic E-state index is 13.1. The van der Waals surface area contributed by atoms with Gasteiger partial charge < -0.3 is 14.7 Å². The van der Waals surface area contributed by atoms with Crippen molar-refractivity contribution >= 4 is 22.8 Å². The van der Waals surface area contributed by atoms with Crippen LogP contribution in [0.5, 0.6) is 5.75 Å². The molecule has 142 valence electrons. The maximum Gasteiger partial charge on any atom is 0.338 e. The minimum Gasteiger partial charge on any atom is -0.505 e. The lowest BCUT2D eigenvalue weighted by molar-refractivity contribution is 0.0600. The third kappa shape index (κ3) is 2.76. The van der Waals surface area contributed by atoms with Gasteiger partial charge in [0.15, 0.2) is 5.75 Å². The van der Waals surface area contributed by atoms with Gasteiger partial charge >= 0.3 is 5.97 Å². The van der Waals surface area contributed by atoms with Gasteiger partial charge in [-0.2, -0.15) is 0 Å². The van der Waals surface area contributed by atoms with Crippen molar-refractivity contribution in [1.82, 2.24) is 9.88 Å². The first kappa shape index (κ1) is 17.9. The van der Waals surface area contributed by atoms with E-state index in [1.165, 1.54) is 24.1 Å². The fraction of sp³-hybridized carbons (Fsp3) is 0.190. The second-order valence-electron chi connectivity index (χ2n) is 6.77. The van der Waals surface area contributed by atoms with Crippen molar-refractivity contribution in [2.75, 3.05) is 14.2 Å². The summed E-state index contributed by atoms with van der Waals surface area (Å²) in [5.74, 6) is -1.51. The number of hydrogen-bond donors (Lipinski definition) is 1. The van der Waals surface area contributed by atoms with Crippen molar-refractivity contribution in [2.24, 2.45) is 0 Å². The number of phenolic OH excluding ortho intramolecular Hbond substituents is 1. The number of aromatic nitrogens is 1. The number of fused-ring (bicyclic) bond motifs is 2. The third-order valence-electron chi connectivity index (χ3n) is 4.95. The molecule has 3 aromatic rings. The average Bonchev–Trinajstić information content (AvgIpc) is 2.98. The molecule has 0 saturated carbocycles. The summed E-state index contributed by atoms with van der Waals surface area (Å²) in [6.45, 7) is 0.199. The fourth-order valence-electron chi connectivity index (χ4n) is 3.59. The molecule has 1 amide bonds. The molecule has 0 radical (unpaired) electrons. The zero-order valence-electron chi connectivity index (χ0n) is 15.3. The maximum absolute atomic E-state index is 13.1. The molecule has 0 fully saturated rings. The molecule has 7 heteroatoms. The van der Waals surface area contributed by atoms with Crippen LogP contribution >= 0.6 is 0 Å². The fourth-order valence-corrected chi connectivity index (χ4v) is 3.59. The van der Waals surface area contributed by atoms with Gasteiger partial charge in [0.2, 0.25) is 0 Å². The van der Waals surface area contributed by atoms with Crippen LogP contribution in [0.4, 0.5) is 4.39 Å². The Hall–Kier alpha value is -3.48. The Morgan fingerprint density at radius 1 is 1.29 bits per heavy atom. The van der Waals surface area contributed by atoms with Gasteiger partial charge in [0.1, 0.15) is 11.3 Å². The third-order valence-corrected chi connectivity index (χ3v) is 4.95. The van der Waals surface area contributed by atoms with Crippen LogP contribution in [0.3, 0.4) is 0 Å². The number of carbonyl (C=O) groups excluding carboxylic acids is 2. The number of amides is 1. The van der Waals surface area contributed by atoms with Crippen LogP contribution in [0.25, 0.3) is 10.9 Å². The molecule has 0 unspecified atom stereocenters. The Kier molecular flexibility index (Phi) is 4.22. The topological polar surface area (TPSA) is 79.7 Å². The zero-order valence-corrected chi connectivity index (χ0v) is 15.3. The molecule has 0 atom stereocenters. The van der Waals surface area contributed by atoms with Crippen molar-refractivity contribution in [3.05, 3.63) is 70.2 Å². The number of pyridine rings is 1. The highest BCUT2D eigenvalue weighted by Crippen LogP contribution is 2.39. The van der Waals surface area contributed by atoms with E-state index in [9.17, 15) is 19.1 Å². The minimum absolute atomic E-state index is 0.0918. The number of esters is 1. The van der Waals surface area contributed by atoms with E-state index in [-0.39, 0.29) is 40.7 Å². The highest BCUT2D eigenvalue weighted by Gasteiger charge is 2.35. The van der Waals surface area contributed by atoms with Crippen LogP contribution in [-0.2, 0) is 17.7 Å². The van der Waals surface area contributed by atoms with E-state index in [0.29, 0.717) is 17.4 Å². The predicted molar refractivity (Wildman–Crippen MR) is 99.8 cm³/mol. The van der Waals surface area contributed by atoms with Crippen LogP contribution in [0.15, 0.2) is 36.5 Å². The van der Waals surface area contributed by atoms with E-state index in [1.807, 2.05) is 0 Å². The summed E-state index contributed by atoms with van der Waals surface area (Å²) < 4.78 is 18.1. The lowest BCUT2D eigenvalue weighted by Crippen LogP contribution is -2.17. The highest BCUT2D eigenvalue weighted by molar-refractivity contribution is 6.14. The second kappa shape index (κ2) is 6.60. The molecule has 4 rings (SSSR count). The largest absolute Gasteiger partial charge is 0.505 e. The molecule has 1 aliphatic rings. The van der Waals surface area contributed by atoms with E-state index in [1.54, 1.807) is 31.4 Å². The quantitative estimate of drug-likeness (QED) is 0.707. The lowest BCUT2D eigenvalue weighted by Gasteiger charge is -2.13. The molecule has 6 nitrogen and oxygen atoms in total. The standard InChI is InChI=1S/C21H17FN2O4/c1-24-10-15-16(21(27)28-2)14-8-12(7-11-3-5-13(22)6-4-11)9-23-18(14)19(25)17(15)20(24)26/h3-6,8-9,25H,7,10H2,1-2H3. The molecule has 0 spiro atoms. The molecule has 0 aliphatic carbocycles. The number of halogens is 1. The number of hydrogen-bond acceptors (Lipinski definition) is 5. The van der Waals surface area contributed by atoms with E-state index >= 15 is 0 Å². The van der Waals surface area contributed by atoms with E-state index in [0.717, 1.165) is 11.1 Å².